The van der Waals surface area contributed by atoms with Gasteiger partial charge in [0.05, 0.1) is 5.39 Å². The summed E-state index contributed by atoms with van der Waals surface area (Å²) in [7, 11) is 0. The van der Waals surface area contributed by atoms with Crippen molar-refractivity contribution in [1.82, 2.24) is 0 Å². The van der Waals surface area contributed by atoms with Gasteiger partial charge < -0.3 is 9.73 Å². The highest BCUT2D eigenvalue weighted by atomic mass is 16.3. The van der Waals surface area contributed by atoms with Crippen LogP contribution in [0.3, 0.4) is 0 Å². The van der Waals surface area contributed by atoms with Crippen molar-refractivity contribution in [2.24, 2.45) is 0 Å². The first kappa shape index (κ1) is 15.0. The fourth-order valence-electron chi connectivity index (χ4n) is 2.39. The molecule has 0 unspecified atom stereocenters. The van der Waals surface area contributed by atoms with E-state index in [2.05, 4.69) is 5.32 Å². The Kier molecular flexibility index (Phi) is 3.74. The van der Waals surface area contributed by atoms with Crippen molar-refractivity contribution in [1.29, 1.82) is 0 Å². The van der Waals surface area contributed by atoms with Gasteiger partial charge in [0.2, 0.25) is 0 Å². The molecule has 3 rings (SSSR count). The molecule has 0 spiro atoms. The Hall–Kier alpha value is -2.88. The highest BCUT2D eigenvalue weighted by Gasteiger charge is 2.13. The zero-order chi connectivity index (χ0) is 16.6. The van der Waals surface area contributed by atoms with Crippen molar-refractivity contribution >= 4 is 22.6 Å². The van der Waals surface area contributed by atoms with Gasteiger partial charge in [-0.1, -0.05) is 12.1 Å². The molecule has 0 bridgehead atoms. The lowest BCUT2D eigenvalue weighted by molar-refractivity contribution is 0.0997. The molecule has 0 fully saturated rings. The Bertz CT molecular complexity index is 970. The average molecular weight is 307 g/mol. The number of hydrogen-bond donors (Lipinski definition) is 1. The number of carbonyl (C=O) groups excluding carboxylic acids is 1. The van der Waals surface area contributed by atoms with Crippen LogP contribution < -0.4 is 10.7 Å². The van der Waals surface area contributed by atoms with E-state index in [-0.39, 0.29) is 11.2 Å². The molecule has 0 saturated heterocycles. The van der Waals surface area contributed by atoms with Gasteiger partial charge in [0, 0.05) is 11.8 Å². The quantitative estimate of drug-likeness (QED) is 0.779. The zero-order valence-corrected chi connectivity index (χ0v) is 13.3. The second kappa shape index (κ2) is 5.72. The molecular weight excluding hydrogens is 290 g/mol. The Morgan fingerprint density at radius 2 is 1.74 bits per heavy atom. The van der Waals surface area contributed by atoms with Crippen LogP contribution in [-0.2, 0) is 0 Å². The van der Waals surface area contributed by atoms with E-state index in [0.717, 1.165) is 16.7 Å². The molecule has 4 nitrogen and oxygen atoms in total. The molecule has 1 heterocycles. The Labute approximate surface area is 133 Å². The third-order valence-corrected chi connectivity index (χ3v) is 3.87. The molecule has 0 atom stereocenters. The summed E-state index contributed by atoms with van der Waals surface area (Å²) >= 11 is 0. The van der Waals surface area contributed by atoms with E-state index in [1.54, 1.807) is 12.1 Å². The normalized spacial score (nSPS) is 10.7. The van der Waals surface area contributed by atoms with Crippen LogP contribution in [-0.4, -0.2) is 5.91 Å². The summed E-state index contributed by atoms with van der Waals surface area (Å²) in [6.07, 6.45) is 0. The highest BCUT2D eigenvalue weighted by molar-refractivity contribution is 6.03. The monoisotopic (exact) mass is 307 g/mol. The zero-order valence-electron chi connectivity index (χ0n) is 13.3. The maximum Gasteiger partial charge on any atom is 0.291 e. The lowest BCUT2D eigenvalue weighted by Gasteiger charge is -2.08. The standard InChI is InChI=1S/C19H17NO3/c1-11-4-7-15-16(21)10-18(23-17(15)8-11)19(22)20-14-6-5-12(2)13(3)9-14/h4-10H,1-3H3,(H,20,22). The number of anilines is 1. The van der Waals surface area contributed by atoms with Crippen molar-refractivity contribution in [2.75, 3.05) is 5.32 Å². The Morgan fingerprint density at radius 1 is 0.957 bits per heavy atom. The van der Waals surface area contributed by atoms with Gasteiger partial charge in [0.15, 0.2) is 11.2 Å². The number of nitrogens with one attached hydrogen (secondary N) is 1. The van der Waals surface area contributed by atoms with Gasteiger partial charge in [-0.15, -0.1) is 0 Å². The fourth-order valence-corrected chi connectivity index (χ4v) is 2.39. The molecule has 0 aliphatic rings. The van der Waals surface area contributed by atoms with Crippen LogP contribution in [0, 0.1) is 20.8 Å². The first-order valence-electron chi connectivity index (χ1n) is 7.37. The second-order valence-electron chi connectivity index (χ2n) is 5.73. The smallest absolute Gasteiger partial charge is 0.291 e. The molecule has 0 radical (unpaired) electrons. The second-order valence-corrected chi connectivity index (χ2v) is 5.73. The number of benzene rings is 2. The van der Waals surface area contributed by atoms with E-state index in [1.165, 1.54) is 6.07 Å². The molecule has 0 aliphatic heterocycles. The summed E-state index contributed by atoms with van der Waals surface area (Å²) in [6.45, 7) is 5.89. The summed E-state index contributed by atoms with van der Waals surface area (Å²) in [5, 5.41) is 3.23. The predicted octanol–water partition coefficient (Wildman–Crippen LogP) is 3.97. The number of amides is 1. The summed E-state index contributed by atoms with van der Waals surface area (Å²) in [6, 6.07) is 12.2. The van der Waals surface area contributed by atoms with Crippen molar-refractivity contribution in [3.05, 3.63) is 75.1 Å². The molecule has 4 heteroatoms. The van der Waals surface area contributed by atoms with Crippen molar-refractivity contribution in [3.8, 4) is 0 Å². The largest absolute Gasteiger partial charge is 0.451 e. The van der Waals surface area contributed by atoms with Crippen molar-refractivity contribution in [3.63, 3.8) is 0 Å². The van der Waals surface area contributed by atoms with Crippen molar-refractivity contribution < 1.29 is 9.21 Å². The summed E-state index contributed by atoms with van der Waals surface area (Å²) in [5.41, 5.74) is 4.06. The lowest BCUT2D eigenvalue weighted by Crippen LogP contribution is -2.15. The lowest BCUT2D eigenvalue weighted by atomic mass is 10.1. The minimum atomic E-state index is -0.436. The van der Waals surface area contributed by atoms with Crippen LogP contribution in [0.15, 0.2) is 51.7 Å². The molecule has 1 amide bonds. The average Bonchev–Trinajstić information content (AvgIpc) is 2.50. The number of hydrogen-bond acceptors (Lipinski definition) is 3. The van der Waals surface area contributed by atoms with E-state index < -0.39 is 5.91 Å². The number of carbonyl (C=O) groups is 1. The van der Waals surface area contributed by atoms with Gasteiger partial charge in [-0.05, 0) is 61.7 Å². The van der Waals surface area contributed by atoms with Crippen LogP contribution in [0.4, 0.5) is 5.69 Å². The molecule has 1 aromatic heterocycles. The summed E-state index contributed by atoms with van der Waals surface area (Å²) in [4.78, 5) is 24.5. The molecule has 1 N–H and O–H groups in total. The summed E-state index contributed by atoms with van der Waals surface area (Å²) in [5.74, 6) is -0.430. The number of aryl methyl sites for hydroxylation is 3. The SMILES string of the molecule is Cc1ccc2c(=O)cc(C(=O)Nc3ccc(C)c(C)c3)oc2c1. The van der Waals surface area contributed by atoms with E-state index in [9.17, 15) is 9.59 Å². The fraction of sp³-hybridized carbons (Fsp3) is 0.158. The summed E-state index contributed by atoms with van der Waals surface area (Å²) < 4.78 is 5.60. The number of rotatable bonds is 2. The molecule has 3 aromatic rings. The topological polar surface area (TPSA) is 59.3 Å². The Balaban J connectivity index is 1.97. The maximum absolute atomic E-state index is 12.3. The van der Waals surface area contributed by atoms with Crippen LogP contribution in [0.5, 0.6) is 0 Å². The van der Waals surface area contributed by atoms with Gasteiger partial charge >= 0.3 is 0 Å². The highest BCUT2D eigenvalue weighted by Crippen LogP contribution is 2.17. The van der Waals surface area contributed by atoms with Crippen LogP contribution in [0.1, 0.15) is 27.2 Å². The minimum absolute atomic E-state index is 0.00586. The molecule has 23 heavy (non-hydrogen) atoms. The Morgan fingerprint density at radius 3 is 2.48 bits per heavy atom. The molecule has 0 aliphatic carbocycles. The van der Waals surface area contributed by atoms with Gasteiger partial charge in [-0.3, -0.25) is 9.59 Å². The van der Waals surface area contributed by atoms with Gasteiger partial charge in [0.1, 0.15) is 5.58 Å². The minimum Gasteiger partial charge on any atom is -0.451 e. The van der Waals surface area contributed by atoms with Crippen LogP contribution in [0.2, 0.25) is 0 Å². The van der Waals surface area contributed by atoms with Gasteiger partial charge in [0.25, 0.3) is 5.91 Å². The van der Waals surface area contributed by atoms with Gasteiger partial charge in [-0.2, -0.15) is 0 Å². The van der Waals surface area contributed by atoms with Crippen LogP contribution in [0.25, 0.3) is 11.0 Å². The number of fused-ring (bicyclic) bond motifs is 1. The maximum atomic E-state index is 12.3. The molecule has 0 saturated carbocycles. The van der Waals surface area contributed by atoms with E-state index in [4.69, 9.17) is 4.42 Å². The van der Waals surface area contributed by atoms with E-state index >= 15 is 0 Å². The molecule has 116 valence electrons. The van der Waals surface area contributed by atoms with E-state index in [0.29, 0.717) is 16.7 Å². The predicted molar refractivity (Wildman–Crippen MR) is 91.1 cm³/mol. The van der Waals surface area contributed by atoms with Crippen LogP contribution >= 0.6 is 0 Å². The molecular formula is C19H17NO3. The first-order valence-corrected chi connectivity index (χ1v) is 7.37. The van der Waals surface area contributed by atoms with E-state index in [1.807, 2.05) is 45.0 Å². The third-order valence-electron chi connectivity index (χ3n) is 3.87. The molecule has 2 aromatic carbocycles. The third kappa shape index (κ3) is 3.01. The van der Waals surface area contributed by atoms with Gasteiger partial charge in [-0.25, -0.2) is 0 Å². The van der Waals surface area contributed by atoms with Crippen molar-refractivity contribution in [2.45, 2.75) is 20.8 Å². The first-order chi connectivity index (χ1) is 10.9.